The number of aryl methyl sites for hydroxylation is 3. The van der Waals surface area contributed by atoms with Crippen molar-refractivity contribution in [1.82, 2.24) is 0 Å². The molecule has 2 N–H and O–H groups in total. The first-order valence-electron chi connectivity index (χ1n) is 8.32. The highest BCUT2D eigenvalue weighted by atomic mass is 14.6. The van der Waals surface area contributed by atoms with Crippen molar-refractivity contribution >= 4 is 5.57 Å². The summed E-state index contributed by atoms with van der Waals surface area (Å²) in [6, 6.07) is 8.81. The van der Waals surface area contributed by atoms with Gasteiger partial charge in [0.15, 0.2) is 0 Å². The van der Waals surface area contributed by atoms with Gasteiger partial charge in [-0.05, 0) is 67.9 Å². The SMILES string of the molecule is Cc1cc(C)c(C2=C(C#N)C(N)=C(C#N)C3=CCCC[C@H]32)c(C)c1. The molecule has 0 fully saturated rings. The van der Waals surface area contributed by atoms with E-state index < -0.39 is 0 Å². The van der Waals surface area contributed by atoms with Crippen LogP contribution in [0, 0.1) is 49.4 Å². The number of hydrogen-bond acceptors (Lipinski definition) is 3. The molecule has 0 saturated carbocycles. The normalized spacial score (nSPS) is 20.2. The number of hydrogen-bond donors (Lipinski definition) is 1. The molecule has 3 rings (SSSR count). The van der Waals surface area contributed by atoms with Crippen molar-refractivity contribution in [2.45, 2.75) is 40.0 Å². The van der Waals surface area contributed by atoms with E-state index in [4.69, 9.17) is 5.73 Å². The largest absolute Gasteiger partial charge is 0.397 e. The van der Waals surface area contributed by atoms with E-state index in [0.717, 1.165) is 47.1 Å². The van der Waals surface area contributed by atoms with Crippen LogP contribution in [0.25, 0.3) is 5.57 Å². The number of rotatable bonds is 1. The third kappa shape index (κ3) is 2.34. The predicted molar refractivity (Wildman–Crippen MR) is 95.4 cm³/mol. The van der Waals surface area contributed by atoms with Gasteiger partial charge in [0.05, 0.1) is 16.8 Å². The number of benzene rings is 1. The average Bonchev–Trinajstić information content (AvgIpc) is 2.54. The molecular formula is C21H21N3. The zero-order valence-corrected chi connectivity index (χ0v) is 14.4. The Bertz CT molecular complexity index is 875. The Hall–Kier alpha value is -2.78. The van der Waals surface area contributed by atoms with Crippen LogP contribution in [0.1, 0.15) is 41.5 Å². The Balaban J connectivity index is 2.38. The molecule has 0 spiro atoms. The maximum absolute atomic E-state index is 9.78. The molecule has 3 heteroatoms. The monoisotopic (exact) mass is 315 g/mol. The first kappa shape index (κ1) is 16.1. The highest BCUT2D eigenvalue weighted by Crippen LogP contribution is 2.47. The molecule has 0 amide bonds. The maximum Gasteiger partial charge on any atom is 0.102 e. The van der Waals surface area contributed by atoms with E-state index >= 15 is 0 Å². The number of allylic oxidation sites excluding steroid dienone is 5. The summed E-state index contributed by atoms with van der Waals surface area (Å²) in [7, 11) is 0. The minimum atomic E-state index is 0.0930. The van der Waals surface area contributed by atoms with E-state index in [1.807, 2.05) is 0 Å². The lowest BCUT2D eigenvalue weighted by molar-refractivity contribution is 0.611. The van der Waals surface area contributed by atoms with Crippen LogP contribution in [0.5, 0.6) is 0 Å². The fraction of sp³-hybridized carbons (Fsp3) is 0.333. The van der Waals surface area contributed by atoms with Crippen LogP contribution in [-0.4, -0.2) is 0 Å². The van der Waals surface area contributed by atoms with E-state index in [1.165, 1.54) is 5.56 Å². The summed E-state index contributed by atoms with van der Waals surface area (Å²) in [4.78, 5) is 0. The number of nitrogens with zero attached hydrogens (tertiary/aromatic N) is 2. The summed E-state index contributed by atoms with van der Waals surface area (Å²) in [5.41, 5.74) is 14.2. The van der Waals surface area contributed by atoms with E-state index in [0.29, 0.717) is 16.8 Å². The number of nitriles is 2. The second-order valence-electron chi connectivity index (χ2n) is 6.72. The van der Waals surface area contributed by atoms with Crippen molar-refractivity contribution in [3.63, 3.8) is 0 Å². The lowest BCUT2D eigenvalue weighted by Gasteiger charge is -2.33. The Kier molecular flexibility index (Phi) is 4.04. The zero-order valence-electron chi connectivity index (χ0n) is 14.4. The predicted octanol–water partition coefficient (Wildman–Crippen LogP) is 4.37. The minimum absolute atomic E-state index is 0.0930. The Morgan fingerprint density at radius 2 is 1.67 bits per heavy atom. The van der Waals surface area contributed by atoms with Gasteiger partial charge in [0, 0.05) is 5.92 Å². The third-order valence-corrected chi connectivity index (χ3v) is 5.05. The highest BCUT2D eigenvalue weighted by molar-refractivity contribution is 5.87. The van der Waals surface area contributed by atoms with Crippen molar-refractivity contribution in [2.75, 3.05) is 0 Å². The first-order chi connectivity index (χ1) is 11.5. The summed E-state index contributed by atoms with van der Waals surface area (Å²) in [5, 5.41) is 19.3. The van der Waals surface area contributed by atoms with Crippen molar-refractivity contribution in [1.29, 1.82) is 10.5 Å². The second kappa shape index (κ2) is 6.02. The third-order valence-electron chi connectivity index (χ3n) is 5.05. The van der Waals surface area contributed by atoms with Gasteiger partial charge in [-0.2, -0.15) is 10.5 Å². The van der Waals surface area contributed by atoms with Crippen molar-refractivity contribution in [3.05, 3.63) is 62.9 Å². The molecule has 120 valence electrons. The zero-order chi connectivity index (χ0) is 17.4. The Morgan fingerprint density at radius 1 is 1.04 bits per heavy atom. The van der Waals surface area contributed by atoms with Gasteiger partial charge in [0.1, 0.15) is 12.1 Å². The molecule has 0 unspecified atom stereocenters. The fourth-order valence-electron chi connectivity index (χ4n) is 4.20. The second-order valence-corrected chi connectivity index (χ2v) is 6.72. The van der Waals surface area contributed by atoms with Gasteiger partial charge in [0.2, 0.25) is 0 Å². The van der Waals surface area contributed by atoms with Crippen LogP contribution in [0.15, 0.2) is 40.6 Å². The van der Waals surface area contributed by atoms with E-state index in [1.54, 1.807) is 0 Å². The number of fused-ring (bicyclic) bond motifs is 1. The quantitative estimate of drug-likeness (QED) is 0.836. The van der Waals surface area contributed by atoms with Crippen molar-refractivity contribution < 1.29 is 0 Å². The van der Waals surface area contributed by atoms with Gasteiger partial charge in [-0.1, -0.05) is 23.8 Å². The molecule has 0 saturated heterocycles. The van der Waals surface area contributed by atoms with E-state index in [-0.39, 0.29) is 5.92 Å². The highest BCUT2D eigenvalue weighted by Gasteiger charge is 2.35. The molecule has 0 radical (unpaired) electrons. The van der Waals surface area contributed by atoms with Crippen LogP contribution in [0.3, 0.4) is 0 Å². The molecule has 24 heavy (non-hydrogen) atoms. The lowest BCUT2D eigenvalue weighted by atomic mass is 9.69. The first-order valence-corrected chi connectivity index (χ1v) is 8.32. The van der Waals surface area contributed by atoms with E-state index in [9.17, 15) is 10.5 Å². The molecule has 1 atom stereocenters. The smallest absolute Gasteiger partial charge is 0.102 e. The molecule has 1 aromatic rings. The maximum atomic E-state index is 9.78. The lowest BCUT2D eigenvalue weighted by Crippen LogP contribution is -2.23. The van der Waals surface area contributed by atoms with Crippen LogP contribution < -0.4 is 5.73 Å². The molecule has 3 nitrogen and oxygen atoms in total. The molecule has 2 aliphatic carbocycles. The summed E-state index contributed by atoms with van der Waals surface area (Å²) >= 11 is 0. The van der Waals surface area contributed by atoms with Gasteiger partial charge in [-0.25, -0.2) is 0 Å². The molecule has 0 heterocycles. The van der Waals surface area contributed by atoms with E-state index in [2.05, 4.69) is 51.1 Å². The molecule has 0 bridgehead atoms. The Morgan fingerprint density at radius 3 is 2.25 bits per heavy atom. The van der Waals surface area contributed by atoms with Gasteiger partial charge in [-0.3, -0.25) is 0 Å². The topological polar surface area (TPSA) is 73.6 Å². The standard InChI is InChI=1S/C21H21N3/c1-12-8-13(2)19(14(3)9-12)20-16-7-5-4-6-15(16)17(10-22)21(24)18(20)11-23/h6,8-9,16H,4-5,7,24H2,1-3H3/t16-/m1/s1. The molecule has 1 aromatic carbocycles. The molecule has 0 aromatic heterocycles. The van der Waals surface area contributed by atoms with Gasteiger partial charge in [0.25, 0.3) is 0 Å². The average molecular weight is 315 g/mol. The van der Waals surface area contributed by atoms with Crippen molar-refractivity contribution in [3.8, 4) is 12.1 Å². The van der Waals surface area contributed by atoms with Gasteiger partial charge >= 0.3 is 0 Å². The molecule has 2 aliphatic rings. The number of nitrogens with two attached hydrogens (primary N) is 1. The van der Waals surface area contributed by atoms with Gasteiger partial charge < -0.3 is 5.73 Å². The molecule has 0 aliphatic heterocycles. The summed E-state index contributed by atoms with van der Waals surface area (Å²) in [6.07, 6.45) is 5.12. The Labute approximate surface area is 143 Å². The van der Waals surface area contributed by atoms with Crippen LogP contribution in [-0.2, 0) is 0 Å². The summed E-state index contributed by atoms with van der Waals surface area (Å²) in [5.74, 6) is 0.0930. The van der Waals surface area contributed by atoms with Gasteiger partial charge in [-0.15, -0.1) is 0 Å². The van der Waals surface area contributed by atoms with Crippen LogP contribution in [0.4, 0.5) is 0 Å². The fourth-order valence-corrected chi connectivity index (χ4v) is 4.20. The van der Waals surface area contributed by atoms with Crippen LogP contribution in [0.2, 0.25) is 0 Å². The molecular weight excluding hydrogens is 294 g/mol. The van der Waals surface area contributed by atoms with Crippen LogP contribution >= 0.6 is 0 Å². The minimum Gasteiger partial charge on any atom is -0.397 e. The summed E-state index contributed by atoms with van der Waals surface area (Å²) < 4.78 is 0. The summed E-state index contributed by atoms with van der Waals surface area (Å²) in [6.45, 7) is 6.25. The van der Waals surface area contributed by atoms with Crippen molar-refractivity contribution in [2.24, 2.45) is 11.7 Å².